The second-order valence-corrected chi connectivity index (χ2v) is 9.59. The van der Waals surface area contributed by atoms with E-state index in [4.69, 9.17) is 5.10 Å². The maximum absolute atomic E-state index is 14.0. The minimum Gasteiger partial charge on any atom is -0.478 e. The molecule has 0 saturated carbocycles. The highest BCUT2D eigenvalue weighted by Crippen LogP contribution is 2.29. The van der Waals surface area contributed by atoms with Crippen molar-refractivity contribution in [2.45, 2.75) is 13.1 Å². The molecule has 2 aromatic heterocycles. The van der Waals surface area contributed by atoms with Crippen molar-refractivity contribution in [2.75, 3.05) is 0 Å². The van der Waals surface area contributed by atoms with Crippen molar-refractivity contribution in [3.05, 3.63) is 134 Å². The number of nitrogens with zero attached hydrogens (tertiary/aromatic N) is 4. The zero-order valence-electron chi connectivity index (χ0n) is 21.4. The summed E-state index contributed by atoms with van der Waals surface area (Å²) in [4.78, 5) is 38.7. The second-order valence-electron chi connectivity index (χ2n) is 9.59. The first-order valence-electron chi connectivity index (χ1n) is 12.6. The largest absolute Gasteiger partial charge is 0.478 e. The quantitative estimate of drug-likeness (QED) is 0.335. The molecule has 4 aromatic carbocycles. The highest BCUT2D eigenvalue weighted by molar-refractivity contribution is 5.94. The van der Waals surface area contributed by atoms with Crippen LogP contribution in [0.2, 0.25) is 0 Å². The van der Waals surface area contributed by atoms with Gasteiger partial charge in [0.2, 0.25) is 0 Å². The molecule has 8 nitrogen and oxygen atoms in total. The molecule has 0 radical (unpaired) electrons. The van der Waals surface area contributed by atoms with E-state index in [2.05, 4.69) is 0 Å². The highest BCUT2D eigenvalue weighted by atomic mass is 19.1. The Balaban J connectivity index is 1.66. The molecular formula is C31H23FN4O4. The third-order valence-corrected chi connectivity index (χ3v) is 7.04. The number of carboxylic acids is 1. The molecule has 6 rings (SSSR count). The monoisotopic (exact) mass is 534 g/mol. The van der Waals surface area contributed by atoms with Crippen molar-refractivity contribution < 1.29 is 14.3 Å². The van der Waals surface area contributed by atoms with Gasteiger partial charge in [-0.1, -0.05) is 66.7 Å². The van der Waals surface area contributed by atoms with Gasteiger partial charge in [0.15, 0.2) is 5.65 Å². The summed E-state index contributed by atoms with van der Waals surface area (Å²) in [5.41, 5.74) is 1.34. The molecule has 0 unspecified atom stereocenters. The number of aromatic carboxylic acids is 1. The van der Waals surface area contributed by atoms with Gasteiger partial charge in [0.1, 0.15) is 11.2 Å². The first-order chi connectivity index (χ1) is 19.3. The van der Waals surface area contributed by atoms with E-state index in [0.29, 0.717) is 16.8 Å². The van der Waals surface area contributed by atoms with Gasteiger partial charge in [-0.15, -0.1) is 0 Å². The molecule has 40 heavy (non-hydrogen) atoms. The lowest BCUT2D eigenvalue weighted by molar-refractivity contribution is 0.0697. The minimum absolute atomic E-state index is 0.0128. The fourth-order valence-electron chi connectivity index (χ4n) is 5.12. The van der Waals surface area contributed by atoms with Gasteiger partial charge in [-0.25, -0.2) is 14.0 Å². The number of benzene rings is 4. The number of carboxylic acid groups (broad SMARTS) is 1. The van der Waals surface area contributed by atoms with Crippen LogP contribution in [0.15, 0.2) is 101 Å². The van der Waals surface area contributed by atoms with Gasteiger partial charge in [0, 0.05) is 12.6 Å². The summed E-state index contributed by atoms with van der Waals surface area (Å²) in [7, 11) is 1.38. The lowest BCUT2D eigenvalue weighted by Crippen LogP contribution is -2.38. The zero-order valence-corrected chi connectivity index (χ0v) is 21.4. The van der Waals surface area contributed by atoms with Gasteiger partial charge in [0.05, 0.1) is 24.3 Å². The molecule has 198 valence electrons. The molecule has 0 spiro atoms. The molecule has 0 atom stereocenters. The van der Waals surface area contributed by atoms with Crippen molar-refractivity contribution >= 4 is 27.8 Å². The number of halogens is 1. The number of carbonyl (C=O) groups is 1. The molecule has 0 bridgehead atoms. The van der Waals surface area contributed by atoms with Gasteiger partial charge < -0.3 is 5.11 Å². The van der Waals surface area contributed by atoms with Crippen LogP contribution in [-0.4, -0.2) is 30.0 Å². The summed E-state index contributed by atoms with van der Waals surface area (Å²) >= 11 is 0. The Labute approximate surface area is 226 Å². The molecule has 1 N–H and O–H groups in total. The Morgan fingerprint density at radius 1 is 0.900 bits per heavy atom. The van der Waals surface area contributed by atoms with Crippen LogP contribution in [0.3, 0.4) is 0 Å². The summed E-state index contributed by atoms with van der Waals surface area (Å²) in [5.74, 6) is -1.55. The minimum atomic E-state index is -1.11. The molecular weight excluding hydrogens is 511 g/mol. The molecule has 6 aromatic rings. The summed E-state index contributed by atoms with van der Waals surface area (Å²) in [6, 6.07) is 25.9. The number of fused-ring (bicyclic) bond motifs is 2. The SMILES string of the molecule is Cn1c(=O)c2c(-c3cccc(C(=O)O)c3)n(Cc3cccc4ccccc34)nc2n(Cc2cccc(F)c2)c1=O. The fourth-order valence-corrected chi connectivity index (χ4v) is 5.12. The van der Waals surface area contributed by atoms with Crippen molar-refractivity contribution in [1.29, 1.82) is 0 Å². The molecule has 2 heterocycles. The fraction of sp³-hybridized carbons (Fsp3) is 0.0968. The van der Waals surface area contributed by atoms with Crippen LogP contribution < -0.4 is 11.2 Å². The highest BCUT2D eigenvalue weighted by Gasteiger charge is 2.23. The third-order valence-electron chi connectivity index (χ3n) is 7.04. The zero-order chi connectivity index (χ0) is 28.0. The second kappa shape index (κ2) is 9.77. The number of hydrogen-bond acceptors (Lipinski definition) is 4. The van der Waals surface area contributed by atoms with Crippen LogP contribution in [0.4, 0.5) is 4.39 Å². The van der Waals surface area contributed by atoms with E-state index in [9.17, 15) is 23.9 Å². The van der Waals surface area contributed by atoms with Gasteiger partial charge in [0.25, 0.3) is 5.56 Å². The van der Waals surface area contributed by atoms with Crippen LogP contribution in [0, 0.1) is 5.82 Å². The van der Waals surface area contributed by atoms with Crippen molar-refractivity contribution in [1.82, 2.24) is 18.9 Å². The van der Waals surface area contributed by atoms with Crippen molar-refractivity contribution in [2.24, 2.45) is 7.05 Å². The standard InChI is InChI=1S/C31H23FN4O4/c1-34-29(37)26-27(21-10-6-11-22(16-21)30(38)39)36(18-23-12-5-9-20-8-2-3-14-25(20)23)33-28(26)35(31(34)40)17-19-7-4-13-24(32)15-19/h2-16H,17-18H2,1H3,(H,38,39). The van der Waals surface area contributed by atoms with E-state index >= 15 is 0 Å². The molecule has 0 aliphatic heterocycles. The summed E-state index contributed by atoms with van der Waals surface area (Å²) in [6.45, 7) is 0.237. The van der Waals surface area contributed by atoms with Crippen LogP contribution in [0.25, 0.3) is 33.1 Å². The van der Waals surface area contributed by atoms with E-state index in [0.717, 1.165) is 20.9 Å². The Morgan fingerprint density at radius 2 is 1.65 bits per heavy atom. The topological polar surface area (TPSA) is 99.1 Å². The van der Waals surface area contributed by atoms with E-state index in [1.165, 1.54) is 35.9 Å². The summed E-state index contributed by atoms with van der Waals surface area (Å²) < 4.78 is 18.0. The third kappa shape index (κ3) is 4.27. The Bertz CT molecular complexity index is 2070. The van der Waals surface area contributed by atoms with Gasteiger partial charge in [-0.05, 0) is 46.2 Å². The van der Waals surface area contributed by atoms with Crippen LogP contribution in [0.5, 0.6) is 0 Å². The van der Waals surface area contributed by atoms with Gasteiger partial charge >= 0.3 is 11.7 Å². The Morgan fingerprint density at radius 3 is 2.45 bits per heavy atom. The molecule has 0 saturated heterocycles. The summed E-state index contributed by atoms with van der Waals surface area (Å²) in [6.07, 6.45) is 0. The average molecular weight is 535 g/mol. The first kappa shape index (κ1) is 25.0. The number of aromatic nitrogens is 4. The lowest BCUT2D eigenvalue weighted by atomic mass is 10.0. The smallest absolute Gasteiger partial charge is 0.335 e. The first-order valence-corrected chi connectivity index (χ1v) is 12.6. The normalized spacial score (nSPS) is 11.3. The number of hydrogen-bond donors (Lipinski definition) is 1. The maximum atomic E-state index is 14.0. The molecule has 0 amide bonds. The van der Waals surface area contributed by atoms with Gasteiger partial charge in [-0.2, -0.15) is 5.10 Å². The Hall–Kier alpha value is -5.31. The maximum Gasteiger partial charge on any atom is 0.335 e. The average Bonchev–Trinajstić information content (AvgIpc) is 3.33. The predicted octanol–water partition coefficient (Wildman–Crippen LogP) is 4.65. The number of rotatable bonds is 6. The van der Waals surface area contributed by atoms with Crippen LogP contribution >= 0.6 is 0 Å². The van der Waals surface area contributed by atoms with Crippen molar-refractivity contribution in [3.8, 4) is 11.3 Å². The van der Waals surface area contributed by atoms with E-state index in [-0.39, 0.29) is 29.7 Å². The van der Waals surface area contributed by atoms with E-state index in [1.807, 2.05) is 42.5 Å². The van der Waals surface area contributed by atoms with E-state index < -0.39 is 23.0 Å². The lowest BCUT2D eigenvalue weighted by Gasteiger charge is -2.11. The van der Waals surface area contributed by atoms with E-state index in [1.54, 1.807) is 28.9 Å². The van der Waals surface area contributed by atoms with Crippen molar-refractivity contribution in [3.63, 3.8) is 0 Å². The van der Waals surface area contributed by atoms with Gasteiger partial charge in [-0.3, -0.25) is 18.6 Å². The predicted molar refractivity (Wildman–Crippen MR) is 150 cm³/mol. The molecule has 0 aliphatic rings. The summed E-state index contributed by atoms with van der Waals surface area (Å²) in [5, 5.41) is 16.6. The Kier molecular flexibility index (Phi) is 6.11. The van der Waals surface area contributed by atoms with Crippen LogP contribution in [-0.2, 0) is 20.1 Å². The van der Waals surface area contributed by atoms with Crippen LogP contribution in [0.1, 0.15) is 21.5 Å². The molecule has 0 aliphatic carbocycles. The molecule has 0 fully saturated rings. The molecule has 9 heteroatoms.